The SMILES string of the molecule is NCc1cc(C(=O)c2cccc3ccccc23)ccn1. The normalized spacial score (nSPS) is 10.7. The molecule has 0 spiro atoms. The number of carbonyl (C=O) groups is 1. The smallest absolute Gasteiger partial charge is 0.193 e. The first kappa shape index (κ1) is 12.5. The summed E-state index contributed by atoms with van der Waals surface area (Å²) < 4.78 is 0. The van der Waals surface area contributed by atoms with Crippen molar-refractivity contribution in [2.75, 3.05) is 0 Å². The van der Waals surface area contributed by atoms with Crippen molar-refractivity contribution in [3.05, 3.63) is 77.6 Å². The van der Waals surface area contributed by atoms with Crippen molar-refractivity contribution < 1.29 is 4.79 Å². The molecule has 1 aromatic heterocycles. The topological polar surface area (TPSA) is 56.0 Å². The Hall–Kier alpha value is -2.52. The van der Waals surface area contributed by atoms with E-state index in [1.807, 2.05) is 42.5 Å². The van der Waals surface area contributed by atoms with Crippen LogP contribution in [-0.2, 0) is 6.54 Å². The van der Waals surface area contributed by atoms with Crippen LogP contribution in [0.4, 0.5) is 0 Å². The minimum atomic E-state index is -0.00102. The van der Waals surface area contributed by atoms with Gasteiger partial charge < -0.3 is 5.73 Å². The lowest BCUT2D eigenvalue weighted by atomic mass is 9.97. The molecule has 0 aliphatic rings. The summed E-state index contributed by atoms with van der Waals surface area (Å²) in [6.07, 6.45) is 1.63. The van der Waals surface area contributed by atoms with E-state index in [0.29, 0.717) is 17.7 Å². The second kappa shape index (κ2) is 5.23. The van der Waals surface area contributed by atoms with E-state index in [9.17, 15) is 4.79 Å². The van der Waals surface area contributed by atoms with E-state index in [-0.39, 0.29) is 5.78 Å². The molecule has 98 valence electrons. The van der Waals surface area contributed by atoms with Crippen LogP contribution in [-0.4, -0.2) is 10.8 Å². The summed E-state index contributed by atoms with van der Waals surface area (Å²) in [5.74, 6) is -0.00102. The zero-order valence-corrected chi connectivity index (χ0v) is 10.9. The fraction of sp³-hybridized carbons (Fsp3) is 0.0588. The number of nitrogens with two attached hydrogens (primary N) is 1. The van der Waals surface area contributed by atoms with Gasteiger partial charge in [-0.25, -0.2) is 0 Å². The summed E-state index contributed by atoms with van der Waals surface area (Å²) in [5.41, 5.74) is 7.62. The van der Waals surface area contributed by atoms with E-state index in [1.54, 1.807) is 18.3 Å². The van der Waals surface area contributed by atoms with Gasteiger partial charge in [-0.15, -0.1) is 0 Å². The van der Waals surface area contributed by atoms with Gasteiger partial charge in [-0.05, 0) is 22.9 Å². The molecule has 1 heterocycles. The van der Waals surface area contributed by atoms with E-state index < -0.39 is 0 Å². The Bertz CT molecular complexity index is 775. The Kier molecular flexibility index (Phi) is 3.27. The number of hydrogen-bond donors (Lipinski definition) is 1. The van der Waals surface area contributed by atoms with Crippen LogP contribution >= 0.6 is 0 Å². The van der Waals surface area contributed by atoms with Crippen molar-refractivity contribution in [2.24, 2.45) is 5.73 Å². The van der Waals surface area contributed by atoms with Crippen LogP contribution in [0.15, 0.2) is 60.8 Å². The molecule has 3 aromatic rings. The number of carbonyl (C=O) groups excluding carboxylic acids is 1. The summed E-state index contributed by atoms with van der Waals surface area (Å²) in [5, 5.41) is 2.03. The van der Waals surface area contributed by atoms with Gasteiger partial charge in [-0.1, -0.05) is 42.5 Å². The highest BCUT2D eigenvalue weighted by Gasteiger charge is 2.12. The van der Waals surface area contributed by atoms with Crippen LogP contribution in [0.2, 0.25) is 0 Å². The van der Waals surface area contributed by atoms with Crippen LogP contribution in [0, 0.1) is 0 Å². The highest BCUT2D eigenvalue weighted by Crippen LogP contribution is 2.21. The maximum absolute atomic E-state index is 12.7. The molecule has 0 saturated carbocycles. The van der Waals surface area contributed by atoms with Crippen molar-refractivity contribution in [3.8, 4) is 0 Å². The number of ketones is 1. The number of benzene rings is 2. The van der Waals surface area contributed by atoms with Crippen molar-refractivity contribution >= 4 is 16.6 Å². The summed E-state index contributed by atoms with van der Waals surface area (Å²) in [6.45, 7) is 0.330. The van der Waals surface area contributed by atoms with Crippen LogP contribution in [0.25, 0.3) is 10.8 Å². The Morgan fingerprint density at radius 1 is 1.05 bits per heavy atom. The van der Waals surface area contributed by atoms with Crippen molar-refractivity contribution in [1.29, 1.82) is 0 Å². The van der Waals surface area contributed by atoms with Crippen molar-refractivity contribution in [1.82, 2.24) is 4.98 Å². The van der Waals surface area contributed by atoms with E-state index in [4.69, 9.17) is 5.73 Å². The number of pyridine rings is 1. The Labute approximate surface area is 117 Å². The third-order valence-electron chi connectivity index (χ3n) is 3.32. The summed E-state index contributed by atoms with van der Waals surface area (Å²) in [6, 6.07) is 17.1. The molecular weight excluding hydrogens is 248 g/mol. The molecule has 3 heteroatoms. The quantitative estimate of drug-likeness (QED) is 0.738. The fourth-order valence-corrected chi connectivity index (χ4v) is 2.31. The third-order valence-corrected chi connectivity index (χ3v) is 3.32. The van der Waals surface area contributed by atoms with E-state index in [2.05, 4.69) is 4.98 Å². The zero-order chi connectivity index (χ0) is 13.9. The van der Waals surface area contributed by atoms with Crippen LogP contribution < -0.4 is 5.73 Å². The maximum Gasteiger partial charge on any atom is 0.193 e. The fourth-order valence-electron chi connectivity index (χ4n) is 2.31. The van der Waals surface area contributed by atoms with Crippen LogP contribution in [0.5, 0.6) is 0 Å². The Morgan fingerprint density at radius 2 is 1.85 bits per heavy atom. The zero-order valence-electron chi connectivity index (χ0n) is 10.9. The molecule has 0 saturated heterocycles. The van der Waals surface area contributed by atoms with Crippen LogP contribution in [0.3, 0.4) is 0 Å². The van der Waals surface area contributed by atoms with E-state index in [0.717, 1.165) is 16.5 Å². The first-order chi connectivity index (χ1) is 9.79. The summed E-state index contributed by atoms with van der Waals surface area (Å²) in [7, 11) is 0. The Balaban J connectivity index is 2.12. The van der Waals surface area contributed by atoms with Crippen molar-refractivity contribution in [3.63, 3.8) is 0 Å². The first-order valence-electron chi connectivity index (χ1n) is 6.47. The average Bonchev–Trinajstić information content (AvgIpc) is 2.53. The lowest BCUT2D eigenvalue weighted by Crippen LogP contribution is -2.06. The lowest BCUT2D eigenvalue weighted by molar-refractivity contribution is 0.104. The number of aromatic nitrogens is 1. The van der Waals surface area contributed by atoms with E-state index in [1.165, 1.54) is 0 Å². The minimum Gasteiger partial charge on any atom is -0.325 e. The monoisotopic (exact) mass is 262 g/mol. The van der Waals surface area contributed by atoms with Gasteiger partial charge in [0.1, 0.15) is 0 Å². The van der Waals surface area contributed by atoms with E-state index >= 15 is 0 Å². The third kappa shape index (κ3) is 2.19. The molecule has 2 N–H and O–H groups in total. The van der Waals surface area contributed by atoms with Gasteiger partial charge in [0.25, 0.3) is 0 Å². The Morgan fingerprint density at radius 3 is 2.70 bits per heavy atom. The first-order valence-corrected chi connectivity index (χ1v) is 6.47. The van der Waals surface area contributed by atoms with Gasteiger partial charge in [-0.3, -0.25) is 9.78 Å². The molecule has 20 heavy (non-hydrogen) atoms. The molecule has 3 nitrogen and oxygen atoms in total. The molecule has 0 aliphatic carbocycles. The van der Waals surface area contributed by atoms with Gasteiger partial charge in [-0.2, -0.15) is 0 Å². The van der Waals surface area contributed by atoms with Gasteiger partial charge in [0, 0.05) is 23.9 Å². The maximum atomic E-state index is 12.7. The molecule has 0 radical (unpaired) electrons. The number of nitrogens with zero attached hydrogens (tertiary/aromatic N) is 1. The predicted octanol–water partition coefficient (Wildman–Crippen LogP) is 2.92. The van der Waals surface area contributed by atoms with Crippen LogP contribution in [0.1, 0.15) is 21.6 Å². The highest BCUT2D eigenvalue weighted by atomic mass is 16.1. The number of hydrogen-bond acceptors (Lipinski definition) is 3. The molecular formula is C17H14N2O. The molecule has 0 fully saturated rings. The van der Waals surface area contributed by atoms with Gasteiger partial charge >= 0.3 is 0 Å². The second-order valence-corrected chi connectivity index (χ2v) is 4.60. The van der Waals surface area contributed by atoms with Gasteiger partial charge in [0.2, 0.25) is 0 Å². The minimum absolute atomic E-state index is 0.00102. The molecule has 0 unspecified atom stereocenters. The molecule has 0 amide bonds. The average molecular weight is 262 g/mol. The standard InChI is InChI=1S/C17H14N2O/c18-11-14-10-13(8-9-19-14)17(20)16-7-3-5-12-4-1-2-6-15(12)16/h1-10H,11,18H2. The van der Waals surface area contributed by atoms with Crippen molar-refractivity contribution in [2.45, 2.75) is 6.54 Å². The molecule has 2 aromatic carbocycles. The molecule has 3 rings (SSSR count). The van der Waals surface area contributed by atoms with Gasteiger partial charge in [0.05, 0.1) is 5.69 Å². The summed E-state index contributed by atoms with van der Waals surface area (Å²) >= 11 is 0. The highest BCUT2D eigenvalue weighted by molar-refractivity contribution is 6.16. The second-order valence-electron chi connectivity index (χ2n) is 4.60. The number of fused-ring (bicyclic) bond motifs is 1. The largest absolute Gasteiger partial charge is 0.325 e. The molecule has 0 aliphatic heterocycles. The lowest BCUT2D eigenvalue weighted by Gasteiger charge is -2.06. The molecule has 0 atom stereocenters. The molecule has 0 bridgehead atoms. The van der Waals surface area contributed by atoms with Gasteiger partial charge in [0.15, 0.2) is 5.78 Å². The predicted molar refractivity (Wildman–Crippen MR) is 79.5 cm³/mol. The summed E-state index contributed by atoms with van der Waals surface area (Å²) in [4.78, 5) is 16.8. The number of rotatable bonds is 3.